The van der Waals surface area contributed by atoms with Crippen molar-refractivity contribution in [2.75, 3.05) is 12.4 Å². The Morgan fingerprint density at radius 1 is 0.871 bits per heavy atom. The maximum Gasteiger partial charge on any atom is 0.248 e. The summed E-state index contributed by atoms with van der Waals surface area (Å²) in [5.74, 6) is 1.08. The first-order valence-corrected chi connectivity index (χ1v) is 10.0. The molecule has 0 aliphatic carbocycles. The molecule has 31 heavy (non-hydrogen) atoms. The van der Waals surface area contributed by atoms with Crippen molar-refractivity contribution in [2.45, 2.75) is 6.61 Å². The molecule has 154 valence electrons. The number of methoxy groups -OCH3 is 1. The second-order valence-electron chi connectivity index (χ2n) is 7.03. The minimum atomic E-state index is -0.195. The average molecular weight is 409 g/mol. The molecular weight excluding hydrogens is 386 g/mol. The van der Waals surface area contributed by atoms with Crippen molar-refractivity contribution >= 4 is 28.4 Å². The number of amides is 1. The summed E-state index contributed by atoms with van der Waals surface area (Å²) in [5, 5.41) is 5.04. The molecule has 4 aromatic rings. The molecule has 1 amide bonds. The van der Waals surface area contributed by atoms with E-state index >= 15 is 0 Å². The minimum Gasteiger partial charge on any atom is -0.493 e. The first kappa shape index (κ1) is 20.2. The summed E-state index contributed by atoms with van der Waals surface area (Å²) in [6.45, 7) is 0.458. The molecule has 4 rings (SSSR count). The van der Waals surface area contributed by atoms with E-state index in [1.54, 1.807) is 13.2 Å². The van der Waals surface area contributed by atoms with E-state index in [4.69, 9.17) is 9.47 Å². The molecule has 4 heteroatoms. The summed E-state index contributed by atoms with van der Waals surface area (Å²) in [4.78, 5) is 12.5. The molecule has 0 aromatic heterocycles. The van der Waals surface area contributed by atoms with Gasteiger partial charge in [0.25, 0.3) is 0 Å². The Labute approximate surface area is 181 Å². The number of benzene rings is 4. The number of rotatable bonds is 7. The second kappa shape index (κ2) is 9.63. The van der Waals surface area contributed by atoms with Crippen LogP contribution in [0, 0.1) is 0 Å². The van der Waals surface area contributed by atoms with Crippen LogP contribution >= 0.6 is 0 Å². The summed E-state index contributed by atoms with van der Waals surface area (Å²) < 4.78 is 11.4. The van der Waals surface area contributed by atoms with Gasteiger partial charge in [0.1, 0.15) is 6.61 Å². The third-order valence-corrected chi connectivity index (χ3v) is 4.90. The van der Waals surface area contributed by atoms with E-state index in [0.29, 0.717) is 18.1 Å². The molecule has 0 fully saturated rings. The van der Waals surface area contributed by atoms with E-state index in [0.717, 1.165) is 27.6 Å². The Morgan fingerprint density at radius 3 is 2.48 bits per heavy atom. The van der Waals surface area contributed by atoms with Crippen molar-refractivity contribution in [2.24, 2.45) is 0 Å². The average Bonchev–Trinajstić information content (AvgIpc) is 2.82. The van der Waals surface area contributed by atoms with Crippen LogP contribution < -0.4 is 14.8 Å². The highest BCUT2D eigenvalue weighted by atomic mass is 16.5. The van der Waals surface area contributed by atoms with Gasteiger partial charge in [-0.2, -0.15) is 0 Å². The number of anilines is 1. The van der Waals surface area contributed by atoms with Gasteiger partial charge in [-0.3, -0.25) is 4.79 Å². The van der Waals surface area contributed by atoms with E-state index < -0.39 is 0 Å². The molecule has 0 unspecified atom stereocenters. The van der Waals surface area contributed by atoms with Crippen LogP contribution in [0.5, 0.6) is 11.5 Å². The lowest BCUT2D eigenvalue weighted by Gasteiger charge is -2.11. The number of carbonyl (C=O) groups is 1. The van der Waals surface area contributed by atoms with Crippen molar-refractivity contribution in [1.29, 1.82) is 0 Å². The van der Waals surface area contributed by atoms with Crippen LogP contribution in [-0.2, 0) is 11.4 Å². The van der Waals surface area contributed by atoms with Gasteiger partial charge >= 0.3 is 0 Å². The normalized spacial score (nSPS) is 10.9. The van der Waals surface area contributed by atoms with Gasteiger partial charge in [-0.05, 0) is 40.8 Å². The first-order valence-electron chi connectivity index (χ1n) is 10.0. The molecule has 0 aliphatic rings. The lowest BCUT2D eigenvalue weighted by atomic mass is 10.1. The largest absolute Gasteiger partial charge is 0.493 e. The fourth-order valence-electron chi connectivity index (χ4n) is 3.32. The molecule has 0 radical (unpaired) electrons. The van der Waals surface area contributed by atoms with Gasteiger partial charge in [0.2, 0.25) is 5.91 Å². The molecule has 0 aliphatic heterocycles. The van der Waals surface area contributed by atoms with E-state index in [2.05, 4.69) is 5.32 Å². The van der Waals surface area contributed by atoms with Crippen molar-refractivity contribution < 1.29 is 14.3 Å². The zero-order valence-corrected chi connectivity index (χ0v) is 17.2. The van der Waals surface area contributed by atoms with Crippen LogP contribution in [0.2, 0.25) is 0 Å². The molecule has 4 nitrogen and oxygen atoms in total. The highest BCUT2D eigenvalue weighted by molar-refractivity contribution is 6.07. The summed E-state index contributed by atoms with van der Waals surface area (Å²) in [7, 11) is 1.60. The van der Waals surface area contributed by atoms with E-state index in [1.807, 2.05) is 91.0 Å². The van der Waals surface area contributed by atoms with Crippen LogP contribution in [0.4, 0.5) is 5.69 Å². The van der Waals surface area contributed by atoms with Gasteiger partial charge in [0.15, 0.2) is 11.5 Å². The van der Waals surface area contributed by atoms with E-state index in [9.17, 15) is 4.79 Å². The van der Waals surface area contributed by atoms with Gasteiger partial charge in [-0.15, -0.1) is 0 Å². The lowest BCUT2D eigenvalue weighted by Crippen LogP contribution is -2.08. The van der Waals surface area contributed by atoms with Gasteiger partial charge in [0, 0.05) is 17.1 Å². The second-order valence-corrected chi connectivity index (χ2v) is 7.03. The number of fused-ring (bicyclic) bond motifs is 1. The zero-order chi connectivity index (χ0) is 21.5. The Bertz CT molecular complexity index is 1210. The Balaban J connectivity index is 1.44. The molecule has 0 atom stereocenters. The van der Waals surface area contributed by atoms with Crippen molar-refractivity contribution in [3.05, 3.63) is 108 Å². The molecule has 0 spiro atoms. The highest BCUT2D eigenvalue weighted by Crippen LogP contribution is 2.29. The van der Waals surface area contributed by atoms with E-state index in [1.165, 1.54) is 6.08 Å². The van der Waals surface area contributed by atoms with Gasteiger partial charge in [0.05, 0.1) is 7.11 Å². The molecular formula is C27H23NO3. The summed E-state index contributed by atoms with van der Waals surface area (Å²) in [6.07, 6.45) is 3.27. The number of ether oxygens (including phenoxy) is 2. The van der Waals surface area contributed by atoms with Gasteiger partial charge in [-0.1, -0.05) is 72.8 Å². The maximum absolute atomic E-state index is 12.5. The van der Waals surface area contributed by atoms with Crippen LogP contribution in [0.1, 0.15) is 11.1 Å². The number of hydrogen-bond acceptors (Lipinski definition) is 3. The third-order valence-electron chi connectivity index (χ3n) is 4.90. The Kier molecular flexibility index (Phi) is 6.29. The predicted octanol–water partition coefficient (Wildman–Crippen LogP) is 6.08. The third kappa shape index (κ3) is 5.11. The van der Waals surface area contributed by atoms with Crippen LogP contribution in [-0.4, -0.2) is 13.0 Å². The van der Waals surface area contributed by atoms with E-state index in [-0.39, 0.29) is 5.91 Å². The standard InChI is InChI=1S/C27H23NO3/c1-30-26-18-20(14-16-25(26)31-19-21-8-3-2-4-9-21)15-17-27(29)28-24-13-7-11-22-10-5-6-12-23(22)24/h2-18H,19H2,1H3,(H,28,29). The van der Waals surface area contributed by atoms with Crippen molar-refractivity contribution in [3.8, 4) is 11.5 Å². The van der Waals surface area contributed by atoms with Gasteiger partial charge < -0.3 is 14.8 Å². The summed E-state index contributed by atoms with van der Waals surface area (Å²) in [5.41, 5.74) is 2.71. The zero-order valence-electron chi connectivity index (χ0n) is 17.2. The quantitative estimate of drug-likeness (QED) is 0.376. The first-order chi connectivity index (χ1) is 15.2. The summed E-state index contributed by atoms with van der Waals surface area (Å²) in [6, 6.07) is 29.4. The fraction of sp³-hybridized carbons (Fsp3) is 0.0741. The van der Waals surface area contributed by atoms with Crippen LogP contribution in [0.15, 0.2) is 97.1 Å². The molecule has 4 aromatic carbocycles. The SMILES string of the molecule is COc1cc(C=CC(=O)Nc2cccc3ccccc23)ccc1OCc1ccccc1. The summed E-state index contributed by atoms with van der Waals surface area (Å²) >= 11 is 0. The van der Waals surface area contributed by atoms with Crippen LogP contribution in [0.3, 0.4) is 0 Å². The van der Waals surface area contributed by atoms with Crippen molar-refractivity contribution in [3.63, 3.8) is 0 Å². The molecule has 0 heterocycles. The number of hydrogen-bond donors (Lipinski definition) is 1. The molecule has 1 N–H and O–H groups in total. The van der Waals surface area contributed by atoms with Crippen LogP contribution in [0.25, 0.3) is 16.8 Å². The van der Waals surface area contributed by atoms with Crippen molar-refractivity contribution in [1.82, 2.24) is 0 Å². The minimum absolute atomic E-state index is 0.195. The molecule has 0 saturated heterocycles. The van der Waals surface area contributed by atoms with Gasteiger partial charge in [-0.25, -0.2) is 0 Å². The topological polar surface area (TPSA) is 47.6 Å². The molecule has 0 bridgehead atoms. The predicted molar refractivity (Wildman–Crippen MR) is 125 cm³/mol. The Morgan fingerprint density at radius 2 is 1.65 bits per heavy atom. The molecule has 0 saturated carbocycles. The Hall–Kier alpha value is -4.05. The maximum atomic E-state index is 12.5. The monoisotopic (exact) mass is 409 g/mol. The fourth-order valence-corrected chi connectivity index (χ4v) is 3.32. The number of nitrogens with one attached hydrogen (secondary N) is 1. The number of carbonyl (C=O) groups excluding carboxylic acids is 1. The smallest absolute Gasteiger partial charge is 0.248 e. The highest BCUT2D eigenvalue weighted by Gasteiger charge is 2.06. The lowest BCUT2D eigenvalue weighted by molar-refractivity contribution is -0.111.